The lowest BCUT2D eigenvalue weighted by molar-refractivity contribution is 0.0503. The van der Waals surface area contributed by atoms with Crippen LogP contribution in [0.5, 0.6) is 5.75 Å². The molecule has 1 aliphatic rings. The second-order valence-corrected chi connectivity index (χ2v) is 7.05. The van der Waals surface area contributed by atoms with Crippen LogP contribution in [-0.2, 0) is 11.3 Å². The highest BCUT2D eigenvalue weighted by Crippen LogP contribution is 2.23. The van der Waals surface area contributed by atoms with Crippen LogP contribution >= 0.6 is 0 Å². The van der Waals surface area contributed by atoms with E-state index in [1.54, 1.807) is 12.4 Å². The topological polar surface area (TPSA) is 67.4 Å². The first kappa shape index (κ1) is 18.5. The Kier molecular flexibility index (Phi) is 5.58. The molecule has 1 saturated heterocycles. The Morgan fingerprint density at radius 1 is 1.36 bits per heavy atom. The Labute approximate surface area is 164 Å². The number of pyridine rings is 1. The van der Waals surface area contributed by atoms with Gasteiger partial charge in [0.25, 0.3) is 5.91 Å². The van der Waals surface area contributed by atoms with Crippen molar-refractivity contribution in [2.75, 3.05) is 19.8 Å². The molecule has 6 heteroatoms. The standard InChI is InChI=1S/C22H25N3O3/c1-2-27-18-8-7-17-11-21(24-20(17)12-18)22(26)25(15-19-6-4-10-28-19)14-16-5-3-9-23-13-16/h3,5,7-9,11-13,19,24H,2,4,6,10,14-15H2,1H3. The fraction of sp³-hybridized carbons (Fsp3) is 0.364. The number of hydrogen-bond acceptors (Lipinski definition) is 4. The van der Waals surface area contributed by atoms with Crippen molar-refractivity contribution in [3.05, 3.63) is 60.0 Å². The van der Waals surface area contributed by atoms with E-state index in [-0.39, 0.29) is 12.0 Å². The van der Waals surface area contributed by atoms with Crippen LogP contribution in [0.2, 0.25) is 0 Å². The van der Waals surface area contributed by atoms with E-state index in [2.05, 4.69) is 9.97 Å². The number of H-pyrrole nitrogens is 1. The van der Waals surface area contributed by atoms with Gasteiger partial charge >= 0.3 is 0 Å². The van der Waals surface area contributed by atoms with Crippen LogP contribution in [-0.4, -0.2) is 46.6 Å². The minimum atomic E-state index is -0.0338. The zero-order chi connectivity index (χ0) is 19.3. The first-order valence-corrected chi connectivity index (χ1v) is 9.78. The van der Waals surface area contributed by atoms with Gasteiger partial charge < -0.3 is 19.4 Å². The first-order chi connectivity index (χ1) is 13.7. The van der Waals surface area contributed by atoms with Crippen molar-refractivity contribution < 1.29 is 14.3 Å². The molecular weight excluding hydrogens is 354 g/mol. The van der Waals surface area contributed by atoms with Gasteiger partial charge in [0.2, 0.25) is 0 Å². The van der Waals surface area contributed by atoms with Crippen molar-refractivity contribution in [3.8, 4) is 5.75 Å². The van der Waals surface area contributed by atoms with E-state index >= 15 is 0 Å². The quantitative estimate of drug-likeness (QED) is 0.678. The summed E-state index contributed by atoms with van der Waals surface area (Å²) in [6.45, 7) is 4.42. The fourth-order valence-corrected chi connectivity index (χ4v) is 3.61. The molecule has 146 valence electrons. The number of nitrogens with one attached hydrogen (secondary N) is 1. The summed E-state index contributed by atoms with van der Waals surface area (Å²) < 4.78 is 11.3. The van der Waals surface area contributed by atoms with Gasteiger partial charge in [-0.05, 0) is 49.6 Å². The van der Waals surface area contributed by atoms with Crippen LogP contribution in [0.3, 0.4) is 0 Å². The lowest BCUT2D eigenvalue weighted by Gasteiger charge is -2.25. The molecule has 3 aromatic rings. The normalized spacial score (nSPS) is 16.4. The molecule has 0 radical (unpaired) electrons. The average Bonchev–Trinajstić information content (AvgIpc) is 3.37. The third kappa shape index (κ3) is 4.17. The molecule has 0 spiro atoms. The van der Waals surface area contributed by atoms with Gasteiger partial charge in [-0.15, -0.1) is 0 Å². The molecule has 0 saturated carbocycles. The van der Waals surface area contributed by atoms with Crippen molar-refractivity contribution in [1.29, 1.82) is 0 Å². The third-order valence-corrected chi connectivity index (χ3v) is 4.97. The fourth-order valence-electron chi connectivity index (χ4n) is 3.61. The summed E-state index contributed by atoms with van der Waals surface area (Å²) in [6.07, 6.45) is 5.67. The van der Waals surface area contributed by atoms with Crippen LogP contribution in [0.1, 0.15) is 35.8 Å². The molecule has 1 unspecified atom stereocenters. The average molecular weight is 379 g/mol. The van der Waals surface area contributed by atoms with Crippen molar-refractivity contribution >= 4 is 16.8 Å². The summed E-state index contributed by atoms with van der Waals surface area (Å²) in [7, 11) is 0. The summed E-state index contributed by atoms with van der Waals surface area (Å²) in [5, 5.41) is 0.991. The van der Waals surface area contributed by atoms with E-state index in [0.29, 0.717) is 25.4 Å². The smallest absolute Gasteiger partial charge is 0.270 e. The molecule has 1 atom stereocenters. The predicted molar refractivity (Wildman–Crippen MR) is 107 cm³/mol. The van der Waals surface area contributed by atoms with Gasteiger partial charge in [-0.3, -0.25) is 9.78 Å². The molecule has 1 aromatic carbocycles. The number of fused-ring (bicyclic) bond motifs is 1. The molecule has 1 fully saturated rings. The van der Waals surface area contributed by atoms with Crippen LogP contribution in [0.25, 0.3) is 10.9 Å². The molecule has 4 rings (SSSR count). The van der Waals surface area contributed by atoms with Gasteiger partial charge in [0.05, 0.1) is 12.7 Å². The van der Waals surface area contributed by atoms with E-state index in [1.165, 1.54) is 0 Å². The highest BCUT2D eigenvalue weighted by Gasteiger charge is 2.24. The maximum atomic E-state index is 13.3. The highest BCUT2D eigenvalue weighted by atomic mass is 16.5. The Morgan fingerprint density at radius 2 is 2.29 bits per heavy atom. The maximum Gasteiger partial charge on any atom is 0.270 e. The highest BCUT2D eigenvalue weighted by molar-refractivity contribution is 5.98. The van der Waals surface area contributed by atoms with Crippen molar-refractivity contribution in [3.63, 3.8) is 0 Å². The van der Waals surface area contributed by atoms with Gasteiger partial charge in [0.1, 0.15) is 11.4 Å². The van der Waals surface area contributed by atoms with E-state index in [1.807, 2.05) is 48.2 Å². The number of hydrogen-bond donors (Lipinski definition) is 1. The van der Waals surface area contributed by atoms with E-state index in [4.69, 9.17) is 9.47 Å². The van der Waals surface area contributed by atoms with Gasteiger partial charge in [-0.1, -0.05) is 6.07 Å². The van der Waals surface area contributed by atoms with Gasteiger partial charge in [0.15, 0.2) is 0 Å². The summed E-state index contributed by atoms with van der Waals surface area (Å²) >= 11 is 0. The van der Waals surface area contributed by atoms with Crippen molar-refractivity contribution in [2.45, 2.75) is 32.4 Å². The molecule has 1 aliphatic heterocycles. The van der Waals surface area contributed by atoms with Crippen LogP contribution in [0, 0.1) is 0 Å². The zero-order valence-electron chi connectivity index (χ0n) is 16.1. The summed E-state index contributed by atoms with van der Waals surface area (Å²) in [5.41, 5.74) is 2.47. The summed E-state index contributed by atoms with van der Waals surface area (Å²) in [5.74, 6) is 0.760. The second-order valence-electron chi connectivity index (χ2n) is 7.05. The zero-order valence-corrected chi connectivity index (χ0v) is 16.1. The van der Waals surface area contributed by atoms with Crippen LogP contribution in [0.15, 0.2) is 48.8 Å². The Hall–Kier alpha value is -2.86. The number of carbonyl (C=O) groups is 1. The van der Waals surface area contributed by atoms with Crippen molar-refractivity contribution in [2.24, 2.45) is 0 Å². The second kappa shape index (κ2) is 8.44. The van der Waals surface area contributed by atoms with E-state index in [0.717, 1.165) is 41.7 Å². The molecular formula is C22H25N3O3. The molecule has 6 nitrogen and oxygen atoms in total. The Morgan fingerprint density at radius 3 is 3.04 bits per heavy atom. The number of aromatic amines is 1. The molecule has 2 aromatic heterocycles. The third-order valence-electron chi connectivity index (χ3n) is 4.97. The number of ether oxygens (including phenoxy) is 2. The largest absolute Gasteiger partial charge is 0.494 e. The van der Waals surface area contributed by atoms with E-state index in [9.17, 15) is 4.79 Å². The Bertz CT molecular complexity index is 933. The monoisotopic (exact) mass is 379 g/mol. The van der Waals surface area contributed by atoms with Gasteiger partial charge in [-0.2, -0.15) is 0 Å². The van der Waals surface area contributed by atoms with Crippen molar-refractivity contribution in [1.82, 2.24) is 14.9 Å². The Balaban J connectivity index is 1.59. The van der Waals surface area contributed by atoms with E-state index < -0.39 is 0 Å². The van der Waals surface area contributed by atoms with Crippen LogP contribution in [0.4, 0.5) is 0 Å². The number of nitrogens with zero attached hydrogens (tertiary/aromatic N) is 2. The summed E-state index contributed by atoms with van der Waals surface area (Å²) in [4.78, 5) is 22.6. The predicted octanol–water partition coefficient (Wildman–Crippen LogP) is 3.78. The SMILES string of the molecule is CCOc1ccc2cc(C(=O)N(Cc3cccnc3)CC3CCCO3)[nH]c2c1. The van der Waals surface area contributed by atoms with Gasteiger partial charge in [0, 0.05) is 49.1 Å². The number of aromatic nitrogens is 2. The number of amides is 1. The lowest BCUT2D eigenvalue weighted by Crippen LogP contribution is -2.37. The number of carbonyl (C=O) groups excluding carboxylic acids is 1. The molecule has 28 heavy (non-hydrogen) atoms. The van der Waals surface area contributed by atoms with Gasteiger partial charge in [-0.25, -0.2) is 0 Å². The molecule has 1 N–H and O–H groups in total. The lowest BCUT2D eigenvalue weighted by atomic mass is 10.2. The number of benzene rings is 1. The van der Waals surface area contributed by atoms with Crippen LogP contribution < -0.4 is 4.74 Å². The summed E-state index contributed by atoms with van der Waals surface area (Å²) in [6, 6.07) is 11.6. The minimum Gasteiger partial charge on any atom is -0.494 e. The maximum absolute atomic E-state index is 13.3. The minimum absolute atomic E-state index is 0.0338. The molecule has 3 heterocycles. The number of rotatable bonds is 7. The first-order valence-electron chi connectivity index (χ1n) is 9.78. The molecule has 1 amide bonds. The molecule has 0 aliphatic carbocycles. The molecule has 0 bridgehead atoms.